The Labute approximate surface area is 99.6 Å². The lowest BCUT2D eigenvalue weighted by atomic mass is 10.0. The van der Waals surface area contributed by atoms with Crippen LogP contribution in [0.3, 0.4) is 0 Å². The molecular weight excluding hydrogens is 230 g/mol. The average molecular weight is 249 g/mol. The monoisotopic (exact) mass is 249 g/mol. The molecule has 0 aromatic rings. The second kappa shape index (κ2) is 6.75. The van der Waals surface area contributed by atoms with Crippen molar-refractivity contribution in [3.05, 3.63) is 0 Å². The van der Waals surface area contributed by atoms with Gasteiger partial charge in [0.15, 0.2) is 0 Å². The maximum absolute atomic E-state index is 11.3. The average Bonchev–Trinajstić information content (AvgIpc) is 2.09. The van der Waals surface area contributed by atoms with E-state index in [1.165, 1.54) is 18.7 Å². The molecule has 0 aliphatic carbocycles. The van der Waals surface area contributed by atoms with Crippen molar-refractivity contribution < 1.29 is 19.8 Å². The number of aliphatic carboxylic acids is 1. The van der Waals surface area contributed by atoms with Crippen LogP contribution in [0, 0.1) is 0 Å². The van der Waals surface area contributed by atoms with Gasteiger partial charge in [-0.05, 0) is 12.2 Å². The lowest BCUT2D eigenvalue weighted by Crippen LogP contribution is -2.42. The van der Waals surface area contributed by atoms with Gasteiger partial charge in [0.05, 0.1) is 17.8 Å². The zero-order valence-corrected chi connectivity index (χ0v) is 10.6. The number of carboxylic acids is 1. The van der Waals surface area contributed by atoms with E-state index < -0.39 is 11.6 Å². The Bertz CT molecular complexity index is 253. The SMILES string of the molecule is CC(C)SCC(=O)NCC(C)(O)CC(=O)O. The first-order chi connectivity index (χ1) is 7.23. The van der Waals surface area contributed by atoms with Gasteiger partial charge >= 0.3 is 5.97 Å². The fraction of sp³-hybridized carbons (Fsp3) is 0.800. The summed E-state index contributed by atoms with van der Waals surface area (Å²) in [4.78, 5) is 21.7. The number of nitrogens with one attached hydrogen (secondary N) is 1. The van der Waals surface area contributed by atoms with E-state index in [2.05, 4.69) is 5.32 Å². The first kappa shape index (κ1) is 15.2. The molecule has 1 unspecified atom stereocenters. The van der Waals surface area contributed by atoms with E-state index in [4.69, 9.17) is 5.11 Å². The molecule has 0 aliphatic heterocycles. The predicted octanol–water partition coefficient (Wildman–Crippen LogP) is 0.470. The molecule has 16 heavy (non-hydrogen) atoms. The van der Waals surface area contributed by atoms with Gasteiger partial charge in [-0.15, -0.1) is 11.8 Å². The van der Waals surface area contributed by atoms with Crippen LogP contribution in [0.5, 0.6) is 0 Å². The van der Waals surface area contributed by atoms with Crippen molar-refractivity contribution in [2.45, 2.75) is 38.0 Å². The quantitative estimate of drug-likeness (QED) is 0.610. The topological polar surface area (TPSA) is 86.6 Å². The van der Waals surface area contributed by atoms with Gasteiger partial charge in [-0.3, -0.25) is 9.59 Å². The predicted molar refractivity (Wildman–Crippen MR) is 63.5 cm³/mol. The van der Waals surface area contributed by atoms with Crippen LogP contribution < -0.4 is 5.32 Å². The van der Waals surface area contributed by atoms with Crippen molar-refractivity contribution in [1.82, 2.24) is 5.32 Å². The van der Waals surface area contributed by atoms with E-state index in [9.17, 15) is 14.7 Å². The van der Waals surface area contributed by atoms with Crippen LogP contribution >= 0.6 is 11.8 Å². The third-order valence-electron chi connectivity index (χ3n) is 1.75. The zero-order valence-electron chi connectivity index (χ0n) is 9.82. The van der Waals surface area contributed by atoms with Gasteiger partial charge in [0.25, 0.3) is 0 Å². The van der Waals surface area contributed by atoms with Crippen LogP contribution in [0.1, 0.15) is 27.2 Å². The molecule has 0 radical (unpaired) electrons. The first-order valence-electron chi connectivity index (χ1n) is 5.05. The van der Waals surface area contributed by atoms with E-state index in [0.29, 0.717) is 11.0 Å². The lowest BCUT2D eigenvalue weighted by molar-refractivity contribution is -0.142. The summed E-state index contributed by atoms with van der Waals surface area (Å²) < 4.78 is 0. The van der Waals surface area contributed by atoms with Crippen molar-refractivity contribution in [2.75, 3.05) is 12.3 Å². The number of aliphatic hydroxyl groups is 1. The molecule has 94 valence electrons. The number of carbonyl (C=O) groups is 2. The minimum absolute atomic E-state index is 0.0449. The maximum atomic E-state index is 11.3. The van der Waals surface area contributed by atoms with Gasteiger partial charge < -0.3 is 15.5 Å². The van der Waals surface area contributed by atoms with E-state index >= 15 is 0 Å². The maximum Gasteiger partial charge on any atom is 0.306 e. The molecule has 0 aromatic carbocycles. The Morgan fingerprint density at radius 1 is 1.44 bits per heavy atom. The molecule has 5 nitrogen and oxygen atoms in total. The summed E-state index contributed by atoms with van der Waals surface area (Å²) in [6.45, 7) is 5.31. The van der Waals surface area contributed by atoms with Crippen LogP contribution in [-0.2, 0) is 9.59 Å². The molecule has 0 fully saturated rings. The normalized spacial score (nSPS) is 14.6. The molecule has 0 spiro atoms. The van der Waals surface area contributed by atoms with Crippen molar-refractivity contribution >= 4 is 23.6 Å². The van der Waals surface area contributed by atoms with Crippen LogP contribution in [0.4, 0.5) is 0 Å². The Morgan fingerprint density at radius 2 is 2.00 bits per heavy atom. The fourth-order valence-corrected chi connectivity index (χ4v) is 1.56. The molecule has 6 heteroatoms. The number of amides is 1. The van der Waals surface area contributed by atoms with Crippen molar-refractivity contribution in [1.29, 1.82) is 0 Å². The van der Waals surface area contributed by atoms with Crippen LogP contribution in [0.2, 0.25) is 0 Å². The third-order valence-corrected chi connectivity index (χ3v) is 2.84. The smallest absolute Gasteiger partial charge is 0.306 e. The van der Waals surface area contributed by atoms with E-state index in [0.717, 1.165) is 0 Å². The molecule has 0 aliphatic rings. The first-order valence-corrected chi connectivity index (χ1v) is 6.10. The second-order valence-corrected chi connectivity index (χ2v) is 5.77. The molecule has 3 N–H and O–H groups in total. The molecule has 0 aromatic heterocycles. The minimum Gasteiger partial charge on any atom is -0.481 e. The van der Waals surface area contributed by atoms with Crippen molar-refractivity contribution in [3.8, 4) is 0 Å². The molecule has 0 rings (SSSR count). The van der Waals surface area contributed by atoms with Crippen LogP contribution in [0.25, 0.3) is 0 Å². The second-order valence-electron chi connectivity index (χ2n) is 4.20. The number of thioether (sulfide) groups is 1. The number of hydrogen-bond donors (Lipinski definition) is 3. The number of hydrogen-bond acceptors (Lipinski definition) is 4. The number of carboxylic acid groups (broad SMARTS) is 1. The van der Waals surface area contributed by atoms with Crippen LogP contribution in [-0.4, -0.2) is 45.2 Å². The number of carbonyl (C=O) groups excluding carboxylic acids is 1. The highest BCUT2D eigenvalue weighted by molar-refractivity contribution is 8.00. The molecule has 0 saturated heterocycles. The van der Waals surface area contributed by atoms with Gasteiger partial charge in [-0.1, -0.05) is 13.8 Å². The zero-order chi connectivity index (χ0) is 12.8. The van der Waals surface area contributed by atoms with E-state index in [1.807, 2.05) is 13.8 Å². The number of rotatable bonds is 7. The molecule has 0 saturated carbocycles. The summed E-state index contributed by atoms with van der Waals surface area (Å²) >= 11 is 1.49. The summed E-state index contributed by atoms with van der Waals surface area (Å²) in [7, 11) is 0. The van der Waals surface area contributed by atoms with E-state index in [1.54, 1.807) is 0 Å². The Balaban J connectivity index is 3.86. The Kier molecular flexibility index (Phi) is 6.43. The molecular formula is C10H19NO4S. The summed E-state index contributed by atoms with van der Waals surface area (Å²) in [5, 5.41) is 21.0. The third kappa shape index (κ3) is 8.55. The largest absolute Gasteiger partial charge is 0.481 e. The van der Waals surface area contributed by atoms with E-state index in [-0.39, 0.29) is 18.9 Å². The van der Waals surface area contributed by atoms with Gasteiger partial charge in [0.1, 0.15) is 0 Å². The van der Waals surface area contributed by atoms with Gasteiger partial charge in [0.2, 0.25) is 5.91 Å². The molecule has 1 amide bonds. The highest BCUT2D eigenvalue weighted by atomic mass is 32.2. The lowest BCUT2D eigenvalue weighted by Gasteiger charge is -2.21. The van der Waals surface area contributed by atoms with Gasteiger partial charge in [-0.25, -0.2) is 0 Å². The summed E-state index contributed by atoms with van der Waals surface area (Å²) in [6.07, 6.45) is -0.384. The molecule has 1 atom stereocenters. The van der Waals surface area contributed by atoms with Gasteiger partial charge in [0, 0.05) is 6.54 Å². The highest BCUT2D eigenvalue weighted by Crippen LogP contribution is 2.09. The van der Waals surface area contributed by atoms with Crippen molar-refractivity contribution in [3.63, 3.8) is 0 Å². The standard InChI is InChI=1S/C10H19NO4S/c1-7(2)16-5-8(12)11-6-10(3,15)4-9(13)14/h7,15H,4-6H2,1-3H3,(H,11,12)(H,13,14). The summed E-state index contributed by atoms with van der Waals surface area (Å²) in [6, 6.07) is 0. The van der Waals surface area contributed by atoms with Crippen LogP contribution in [0.15, 0.2) is 0 Å². The van der Waals surface area contributed by atoms with Gasteiger partial charge in [-0.2, -0.15) is 0 Å². The summed E-state index contributed by atoms with van der Waals surface area (Å²) in [5.74, 6) is -0.957. The molecule has 0 bridgehead atoms. The Morgan fingerprint density at radius 3 is 2.44 bits per heavy atom. The minimum atomic E-state index is -1.40. The highest BCUT2D eigenvalue weighted by Gasteiger charge is 2.24. The summed E-state index contributed by atoms with van der Waals surface area (Å²) in [5.41, 5.74) is -1.40. The Hall–Kier alpha value is -0.750. The fourth-order valence-electron chi connectivity index (χ4n) is 0.971. The van der Waals surface area contributed by atoms with Crippen molar-refractivity contribution in [2.24, 2.45) is 0 Å². The molecule has 0 heterocycles.